The van der Waals surface area contributed by atoms with Crippen LogP contribution in [-0.4, -0.2) is 53.6 Å². The van der Waals surface area contributed by atoms with Crippen LogP contribution in [0.5, 0.6) is 0 Å². The minimum Gasteiger partial charge on any atom is -0.300 e. The van der Waals surface area contributed by atoms with E-state index < -0.39 is 5.91 Å². The molecule has 0 saturated carbocycles. The summed E-state index contributed by atoms with van der Waals surface area (Å²) < 4.78 is 0. The van der Waals surface area contributed by atoms with Gasteiger partial charge in [-0.1, -0.05) is 54.6 Å². The van der Waals surface area contributed by atoms with Crippen molar-refractivity contribution in [3.63, 3.8) is 0 Å². The Labute approximate surface area is 171 Å². The SMILES string of the molecule is O=C(NO)c1cccc(CN2CCN(CCc3cccc4ccccc34)CC2)c1. The Balaban J connectivity index is 1.29. The maximum absolute atomic E-state index is 11.6. The molecule has 5 heteroatoms. The van der Waals surface area contributed by atoms with Gasteiger partial charge in [-0.3, -0.25) is 14.9 Å². The zero-order chi connectivity index (χ0) is 20.1. The van der Waals surface area contributed by atoms with Crippen molar-refractivity contribution in [1.82, 2.24) is 15.3 Å². The van der Waals surface area contributed by atoms with Crippen LogP contribution < -0.4 is 5.48 Å². The molecular formula is C24H27N3O2. The summed E-state index contributed by atoms with van der Waals surface area (Å²) in [5.74, 6) is -0.467. The highest BCUT2D eigenvalue weighted by Crippen LogP contribution is 2.19. The highest BCUT2D eigenvalue weighted by molar-refractivity contribution is 5.93. The van der Waals surface area contributed by atoms with E-state index in [0.717, 1.165) is 51.3 Å². The van der Waals surface area contributed by atoms with E-state index in [1.165, 1.54) is 16.3 Å². The largest absolute Gasteiger partial charge is 0.300 e. The number of hydroxylamine groups is 1. The first kappa shape index (κ1) is 19.6. The van der Waals surface area contributed by atoms with E-state index in [1.54, 1.807) is 11.5 Å². The number of amides is 1. The topological polar surface area (TPSA) is 55.8 Å². The van der Waals surface area contributed by atoms with Gasteiger partial charge in [0.15, 0.2) is 0 Å². The molecule has 29 heavy (non-hydrogen) atoms. The maximum Gasteiger partial charge on any atom is 0.274 e. The third-order valence-corrected chi connectivity index (χ3v) is 5.74. The molecule has 0 aliphatic carbocycles. The molecular weight excluding hydrogens is 362 g/mol. The van der Waals surface area contributed by atoms with E-state index in [2.05, 4.69) is 52.3 Å². The van der Waals surface area contributed by atoms with Crippen LogP contribution in [0.15, 0.2) is 66.7 Å². The smallest absolute Gasteiger partial charge is 0.274 e. The van der Waals surface area contributed by atoms with E-state index in [1.807, 2.05) is 18.2 Å². The van der Waals surface area contributed by atoms with E-state index in [4.69, 9.17) is 5.21 Å². The predicted octanol–water partition coefficient (Wildman–Crippen LogP) is 3.32. The van der Waals surface area contributed by atoms with Crippen LogP contribution >= 0.6 is 0 Å². The van der Waals surface area contributed by atoms with Gasteiger partial charge < -0.3 is 4.90 Å². The zero-order valence-electron chi connectivity index (χ0n) is 16.6. The summed E-state index contributed by atoms with van der Waals surface area (Å²) in [4.78, 5) is 16.5. The first-order chi connectivity index (χ1) is 14.2. The lowest BCUT2D eigenvalue weighted by Crippen LogP contribution is -2.46. The molecule has 2 N–H and O–H groups in total. The van der Waals surface area contributed by atoms with Gasteiger partial charge in [0.25, 0.3) is 5.91 Å². The molecule has 0 unspecified atom stereocenters. The van der Waals surface area contributed by atoms with Gasteiger partial charge in [0, 0.05) is 44.8 Å². The Bertz CT molecular complexity index is 975. The second kappa shape index (κ2) is 9.18. The van der Waals surface area contributed by atoms with Crippen LogP contribution in [0, 0.1) is 0 Å². The molecule has 1 amide bonds. The molecule has 0 aromatic heterocycles. The highest BCUT2D eigenvalue weighted by Gasteiger charge is 2.17. The summed E-state index contributed by atoms with van der Waals surface area (Å²) in [5.41, 5.74) is 4.70. The van der Waals surface area contributed by atoms with Gasteiger partial charge in [0.1, 0.15) is 0 Å². The molecule has 4 rings (SSSR count). The fraction of sp³-hybridized carbons (Fsp3) is 0.292. The fourth-order valence-corrected chi connectivity index (χ4v) is 4.09. The van der Waals surface area contributed by atoms with Gasteiger partial charge in [0.2, 0.25) is 0 Å². The number of hydrogen-bond acceptors (Lipinski definition) is 4. The second-order valence-electron chi connectivity index (χ2n) is 7.65. The number of rotatable bonds is 6. The quantitative estimate of drug-likeness (QED) is 0.502. The van der Waals surface area contributed by atoms with Crippen LogP contribution in [0.3, 0.4) is 0 Å². The van der Waals surface area contributed by atoms with Gasteiger partial charge >= 0.3 is 0 Å². The van der Waals surface area contributed by atoms with Crippen molar-refractivity contribution in [2.24, 2.45) is 0 Å². The third kappa shape index (κ3) is 4.82. The average Bonchev–Trinajstić information content (AvgIpc) is 2.78. The number of carbonyl (C=O) groups excluding carboxylic acids is 1. The van der Waals surface area contributed by atoms with Crippen molar-refractivity contribution in [3.8, 4) is 0 Å². The minimum absolute atomic E-state index is 0.467. The molecule has 5 nitrogen and oxygen atoms in total. The number of nitrogens with zero attached hydrogens (tertiary/aromatic N) is 2. The maximum atomic E-state index is 11.6. The first-order valence-electron chi connectivity index (χ1n) is 10.2. The van der Waals surface area contributed by atoms with Crippen LogP contribution in [-0.2, 0) is 13.0 Å². The molecule has 3 aromatic rings. The summed E-state index contributed by atoms with van der Waals surface area (Å²) in [5, 5.41) is 11.5. The average molecular weight is 389 g/mol. The lowest BCUT2D eigenvalue weighted by Gasteiger charge is -2.34. The van der Waals surface area contributed by atoms with E-state index >= 15 is 0 Å². The number of piperazine rings is 1. The number of carbonyl (C=O) groups is 1. The zero-order valence-corrected chi connectivity index (χ0v) is 16.6. The Morgan fingerprint density at radius 2 is 1.62 bits per heavy atom. The molecule has 1 aliphatic heterocycles. The van der Waals surface area contributed by atoms with E-state index in [9.17, 15) is 4.79 Å². The highest BCUT2D eigenvalue weighted by atomic mass is 16.5. The van der Waals surface area contributed by atoms with Crippen LogP contribution in [0.1, 0.15) is 21.5 Å². The molecule has 0 atom stereocenters. The van der Waals surface area contributed by atoms with E-state index in [0.29, 0.717) is 5.56 Å². The molecule has 0 bridgehead atoms. The standard InChI is InChI=1S/C24H27N3O2/c28-24(25-29)22-9-3-5-19(17-22)18-27-15-13-26(14-16-27)12-11-21-8-4-7-20-6-1-2-10-23(20)21/h1-10,17,29H,11-16,18H2,(H,25,28). The van der Waals surface area contributed by atoms with Gasteiger partial charge in [-0.15, -0.1) is 0 Å². The normalized spacial score (nSPS) is 15.5. The summed E-state index contributed by atoms with van der Waals surface area (Å²) in [7, 11) is 0. The summed E-state index contributed by atoms with van der Waals surface area (Å²) in [6.45, 7) is 6.05. The molecule has 3 aromatic carbocycles. The number of hydrogen-bond donors (Lipinski definition) is 2. The summed E-state index contributed by atoms with van der Waals surface area (Å²) >= 11 is 0. The molecule has 0 spiro atoms. The third-order valence-electron chi connectivity index (χ3n) is 5.74. The van der Waals surface area contributed by atoms with Gasteiger partial charge in [-0.25, -0.2) is 5.48 Å². The van der Waals surface area contributed by atoms with Crippen molar-refractivity contribution < 1.29 is 10.0 Å². The Hall–Kier alpha value is -2.73. The van der Waals surface area contributed by atoms with Crippen molar-refractivity contribution in [2.75, 3.05) is 32.7 Å². The molecule has 0 radical (unpaired) electrons. The van der Waals surface area contributed by atoms with Gasteiger partial charge in [-0.2, -0.15) is 0 Å². The minimum atomic E-state index is -0.467. The summed E-state index contributed by atoms with van der Waals surface area (Å²) in [6, 6.07) is 22.6. The second-order valence-corrected chi connectivity index (χ2v) is 7.65. The molecule has 1 aliphatic rings. The van der Waals surface area contributed by atoms with Crippen LogP contribution in [0.25, 0.3) is 10.8 Å². The van der Waals surface area contributed by atoms with Crippen molar-refractivity contribution in [1.29, 1.82) is 0 Å². The van der Waals surface area contributed by atoms with Crippen LogP contribution in [0.2, 0.25) is 0 Å². The molecule has 1 saturated heterocycles. The first-order valence-corrected chi connectivity index (χ1v) is 10.2. The lowest BCUT2D eigenvalue weighted by molar-refractivity contribution is 0.0706. The fourth-order valence-electron chi connectivity index (χ4n) is 4.09. The van der Waals surface area contributed by atoms with Crippen molar-refractivity contribution in [3.05, 3.63) is 83.4 Å². The van der Waals surface area contributed by atoms with E-state index in [-0.39, 0.29) is 0 Å². The van der Waals surface area contributed by atoms with Crippen LogP contribution in [0.4, 0.5) is 0 Å². The number of fused-ring (bicyclic) bond motifs is 1. The Morgan fingerprint density at radius 3 is 2.45 bits per heavy atom. The summed E-state index contributed by atoms with van der Waals surface area (Å²) in [6.07, 6.45) is 1.07. The molecule has 1 fully saturated rings. The van der Waals surface area contributed by atoms with Crippen molar-refractivity contribution >= 4 is 16.7 Å². The number of benzene rings is 3. The molecule has 150 valence electrons. The number of nitrogens with one attached hydrogen (secondary N) is 1. The predicted molar refractivity (Wildman–Crippen MR) is 115 cm³/mol. The Morgan fingerprint density at radius 1 is 0.897 bits per heavy atom. The Kier molecular flexibility index (Phi) is 6.20. The van der Waals surface area contributed by atoms with Crippen molar-refractivity contribution in [2.45, 2.75) is 13.0 Å². The van der Waals surface area contributed by atoms with Gasteiger partial charge in [-0.05, 0) is 40.5 Å². The lowest BCUT2D eigenvalue weighted by atomic mass is 10.0. The van der Waals surface area contributed by atoms with Gasteiger partial charge in [0.05, 0.1) is 0 Å². The monoisotopic (exact) mass is 389 g/mol. The molecule has 1 heterocycles.